The Balaban J connectivity index is 2.23. The summed E-state index contributed by atoms with van der Waals surface area (Å²) in [7, 11) is 0. The van der Waals surface area contributed by atoms with E-state index in [1.165, 1.54) is 6.92 Å². The molecule has 2 atom stereocenters. The van der Waals surface area contributed by atoms with E-state index in [4.69, 9.17) is 10.6 Å². The van der Waals surface area contributed by atoms with Gasteiger partial charge < -0.3 is 4.74 Å². The van der Waals surface area contributed by atoms with Crippen LogP contribution in [-0.2, 0) is 14.3 Å². The number of carbonyl (C=O) groups excluding carboxylic acids is 2. The topological polar surface area (TPSA) is 72.6 Å². The van der Waals surface area contributed by atoms with Crippen molar-refractivity contribution in [2.75, 3.05) is 0 Å². The van der Waals surface area contributed by atoms with Gasteiger partial charge in [-0.3, -0.25) is 9.59 Å². The van der Waals surface area contributed by atoms with Crippen LogP contribution in [0.1, 0.15) is 26.2 Å². The Bertz CT molecular complexity index is 279. The predicted molar refractivity (Wildman–Crippen MR) is 42.9 cm³/mol. The third kappa shape index (κ3) is 1.03. The molecule has 5 heteroatoms. The number of fused-ring (bicyclic) bond motifs is 2. The zero-order chi connectivity index (χ0) is 9.64. The van der Waals surface area contributed by atoms with Crippen molar-refractivity contribution in [1.82, 2.24) is 5.01 Å². The minimum absolute atomic E-state index is 0.0376. The summed E-state index contributed by atoms with van der Waals surface area (Å²) in [4.78, 5) is 22.2. The van der Waals surface area contributed by atoms with E-state index in [9.17, 15) is 9.59 Å². The molecule has 1 aliphatic heterocycles. The Hall–Kier alpha value is -1.10. The van der Waals surface area contributed by atoms with Gasteiger partial charge >= 0.3 is 5.97 Å². The minimum atomic E-state index is -0.826. The van der Waals surface area contributed by atoms with Crippen LogP contribution in [0.25, 0.3) is 0 Å². The summed E-state index contributed by atoms with van der Waals surface area (Å²) in [6.45, 7) is 1.33. The van der Waals surface area contributed by atoms with E-state index < -0.39 is 5.72 Å². The fourth-order valence-electron chi connectivity index (χ4n) is 2.23. The highest BCUT2D eigenvalue weighted by atomic mass is 16.6. The monoisotopic (exact) mass is 184 g/mol. The molecule has 2 unspecified atom stereocenters. The predicted octanol–water partition coefficient (Wildman–Crippen LogP) is -0.238. The lowest BCUT2D eigenvalue weighted by Crippen LogP contribution is -2.54. The number of piperidine rings is 1. The van der Waals surface area contributed by atoms with Crippen molar-refractivity contribution >= 4 is 11.9 Å². The van der Waals surface area contributed by atoms with Gasteiger partial charge in [0.05, 0.1) is 0 Å². The lowest BCUT2D eigenvalue weighted by molar-refractivity contribution is -0.181. The fourth-order valence-corrected chi connectivity index (χ4v) is 2.23. The number of amides is 1. The van der Waals surface area contributed by atoms with Gasteiger partial charge in [-0.05, 0) is 6.42 Å². The van der Waals surface area contributed by atoms with Gasteiger partial charge in [0, 0.05) is 25.7 Å². The van der Waals surface area contributed by atoms with Crippen molar-refractivity contribution in [3.8, 4) is 0 Å². The van der Waals surface area contributed by atoms with Crippen LogP contribution in [0.5, 0.6) is 0 Å². The molecule has 1 aliphatic carbocycles. The molecule has 1 saturated heterocycles. The summed E-state index contributed by atoms with van der Waals surface area (Å²) in [6, 6.07) is 0. The first kappa shape index (κ1) is 8.50. The number of hydrazine groups is 1. The molecule has 2 rings (SSSR count). The normalized spacial score (nSPS) is 36.9. The first-order valence-corrected chi connectivity index (χ1v) is 4.33. The Morgan fingerprint density at radius 3 is 2.92 bits per heavy atom. The van der Waals surface area contributed by atoms with E-state index in [1.807, 2.05) is 0 Å². The first-order chi connectivity index (χ1) is 6.05. The van der Waals surface area contributed by atoms with E-state index in [-0.39, 0.29) is 17.8 Å². The molecular formula is C8H12N2O3. The molecule has 2 bridgehead atoms. The smallest absolute Gasteiger partial charge is 0.304 e. The Labute approximate surface area is 75.8 Å². The van der Waals surface area contributed by atoms with E-state index in [2.05, 4.69) is 0 Å². The molecule has 2 aliphatic rings. The van der Waals surface area contributed by atoms with E-state index in [0.29, 0.717) is 12.8 Å². The maximum absolute atomic E-state index is 11.4. The third-order valence-corrected chi connectivity index (χ3v) is 2.81. The molecule has 1 heterocycles. The van der Waals surface area contributed by atoms with Gasteiger partial charge in [0.1, 0.15) is 0 Å². The highest BCUT2D eigenvalue weighted by molar-refractivity contribution is 5.83. The number of nitrogens with zero attached hydrogens (tertiary/aromatic N) is 1. The van der Waals surface area contributed by atoms with Gasteiger partial charge in [-0.25, -0.2) is 10.9 Å². The maximum atomic E-state index is 11.4. The summed E-state index contributed by atoms with van der Waals surface area (Å²) >= 11 is 0. The van der Waals surface area contributed by atoms with Crippen molar-refractivity contribution in [3.63, 3.8) is 0 Å². The van der Waals surface area contributed by atoms with E-state index >= 15 is 0 Å². The van der Waals surface area contributed by atoms with Gasteiger partial charge in [0.2, 0.25) is 11.6 Å². The molecule has 0 aromatic rings. The summed E-state index contributed by atoms with van der Waals surface area (Å²) in [5.74, 6) is 5.03. The average molecular weight is 184 g/mol. The van der Waals surface area contributed by atoms with Crippen LogP contribution in [0.4, 0.5) is 0 Å². The lowest BCUT2D eigenvalue weighted by Gasteiger charge is -2.33. The lowest BCUT2D eigenvalue weighted by atomic mass is 10.1. The van der Waals surface area contributed by atoms with Gasteiger partial charge in [-0.15, -0.1) is 0 Å². The number of nitrogens with two attached hydrogens (primary N) is 1. The standard InChI is InChI=1S/C8H12N2O3/c1-5(11)13-8-3-2-6(4-8)7(12)10(8)9/h6H,2-4,9H2,1H3. The van der Waals surface area contributed by atoms with Crippen molar-refractivity contribution in [2.24, 2.45) is 11.8 Å². The molecule has 2 N–H and O–H groups in total. The number of carbonyl (C=O) groups is 2. The number of ether oxygens (including phenoxy) is 1. The van der Waals surface area contributed by atoms with Crippen LogP contribution in [-0.4, -0.2) is 22.6 Å². The van der Waals surface area contributed by atoms with E-state index in [0.717, 1.165) is 11.4 Å². The number of esters is 1. The number of rotatable bonds is 1. The maximum Gasteiger partial charge on any atom is 0.304 e. The zero-order valence-corrected chi connectivity index (χ0v) is 7.45. The molecule has 1 saturated carbocycles. The number of hydrogen-bond acceptors (Lipinski definition) is 4. The molecule has 2 fully saturated rings. The molecule has 1 amide bonds. The summed E-state index contributed by atoms with van der Waals surface area (Å²) in [5, 5.41) is 1.09. The minimum Gasteiger partial charge on any atom is -0.438 e. The van der Waals surface area contributed by atoms with Crippen LogP contribution in [0.3, 0.4) is 0 Å². The summed E-state index contributed by atoms with van der Waals surface area (Å²) < 4.78 is 5.11. The Morgan fingerprint density at radius 2 is 2.46 bits per heavy atom. The number of hydrogen-bond donors (Lipinski definition) is 1. The van der Waals surface area contributed by atoms with Crippen molar-refractivity contribution < 1.29 is 14.3 Å². The van der Waals surface area contributed by atoms with E-state index in [1.54, 1.807) is 0 Å². The molecular weight excluding hydrogens is 172 g/mol. The molecule has 72 valence electrons. The summed E-state index contributed by atoms with van der Waals surface area (Å²) in [5.41, 5.74) is -0.826. The highest BCUT2D eigenvalue weighted by Gasteiger charge is 2.57. The van der Waals surface area contributed by atoms with Gasteiger partial charge in [-0.2, -0.15) is 0 Å². The van der Waals surface area contributed by atoms with Gasteiger partial charge in [0.15, 0.2) is 0 Å². The fraction of sp³-hybridized carbons (Fsp3) is 0.750. The molecule has 0 aromatic heterocycles. The second kappa shape index (κ2) is 2.45. The van der Waals surface area contributed by atoms with Crippen molar-refractivity contribution in [2.45, 2.75) is 31.9 Å². The highest BCUT2D eigenvalue weighted by Crippen LogP contribution is 2.46. The van der Waals surface area contributed by atoms with Crippen LogP contribution in [0.15, 0.2) is 0 Å². The second-order valence-electron chi connectivity index (χ2n) is 3.69. The molecule has 5 nitrogen and oxygen atoms in total. The second-order valence-corrected chi connectivity index (χ2v) is 3.69. The molecule has 0 spiro atoms. The molecule has 0 aromatic carbocycles. The molecule has 0 radical (unpaired) electrons. The Morgan fingerprint density at radius 1 is 1.77 bits per heavy atom. The molecule has 13 heavy (non-hydrogen) atoms. The van der Waals surface area contributed by atoms with Crippen LogP contribution < -0.4 is 5.84 Å². The Kier molecular flexibility index (Phi) is 1.60. The average Bonchev–Trinajstić information content (AvgIpc) is 2.52. The van der Waals surface area contributed by atoms with Crippen LogP contribution in [0, 0.1) is 5.92 Å². The quantitative estimate of drug-likeness (QED) is 0.347. The van der Waals surface area contributed by atoms with Gasteiger partial charge in [0.25, 0.3) is 0 Å². The van der Waals surface area contributed by atoms with Crippen molar-refractivity contribution in [3.05, 3.63) is 0 Å². The SMILES string of the molecule is CC(=O)OC12CCC(C1)C(=O)N2N. The van der Waals surface area contributed by atoms with Gasteiger partial charge in [-0.1, -0.05) is 0 Å². The van der Waals surface area contributed by atoms with Crippen LogP contribution >= 0.6 is 0 Å². The summed E-state index contributed by atoms with van der Waals surface area (Å²) in [6.07, 6.45) is 2.00. The van der Waals surface area contributed by atoms with Crippen LogP contribution in [0.2, 0.25) is 0 Å². The zero-order valence-electron chi connectivity index (χ0n) is 7.45. The largest absolute Gasteiger partial charge is 0.438 e. The third-order valence-electron chi connectivity index (χ3n) is 2.81. The van der Waals surface area contributed by atoms with Crippen molar-refractivity contribution in [1.29, 1.82) is 0 Å². The first-order valence-electron chi connectivity index (χ1n) is 4.33.